The zero-order valence-corrected chi connectivity index (χ0v) is 14.5. The van der Waals surface area contributed by atoms with Crippen LogP contribution in [0.2, 0.25) is 5.02 Å². The highest BCUT2D eigenvalue weighted by Gasteiger charge is 2.38. The van der Waals surface area contributed by atoms with Crippen molar-refractivity contribution in [2.24, 2.45) is 5.92 Å². The Morgan fingerprint density at radius 1 is 1.35 bits per heavy atom. The van der Waals surface area contributed by atoms with Crippen molar-refractivity contribution in [1.29, 1.82) is 0 Å². The Labute approximate surface area is 144 Å². The van der Waals surface area contributed by atoms with E-state index >= 15 is 0 Å². The van der Waals surface area contributed by atoms with Gasteiger partial charge in [-0.3, -0.25) is 0 Å². The number of sulfonamides is 1. The van der Waals surface area contributed by atoms with E-state index in [1.807, 2.05) is 6.92 Å². The molecule has 23 heavy (non-hydrogen) atoms. The molecule has 0 radical (unpaired) electrons. The minimum atomic E-state index is -4.80. The second-order valence-electron chi connectivity index (χ2n) is 5.34. The van der Waals surface area contributed by atoms with Crippen molar-refractivity contribution in [3.05, 3.63) is 28.8 Å². The quantitative estimate of drug-likeness (QED) is 0.830. The molecule has 1 aromatic rings. The molecule has 0 saturated carbocycles. The van der Waals surface area contributed by atoms with Crippen molar-refractivity contribution in [2.75, 3.05) is 13.1 Å². The van der Waals surface area contributed by atoms with Crippen molar-refractivity contribution in [3.63, 3.8) is 0 Å². The molecule has 132 valence electrons. The van der Waals surface area contributed by atoms with Crippen LogP contribution in [0.4, 0.5) is 13.2 Å². The summed E-state index contributed by atoms with van der Waals surface area (Å²) < 4.78 is 66.2. The summed E-state index contributed by atoms with van der Waals surface area (Å²) in [5.74, 6) is -0.00911. The van der Waals surface area contributed by atoms with Gasteiger partial charge in [-0.25, -0.2) is 13.1 Å². The molecule has 2 atom stereocenters. The highest BCUT2D eigenvalue weighted by atomic mass is 35.5. The van der Waals surface area contributed by atoms with E-state index in [4.69, 9.17) is 11.6 Å². The van der Waals surface area contributed by atoms with Gasteiger partial charge in [0.1, 0.15) is 0 Å². The Balaban J connectivity index is 0.00000264. The molecule has 10 heteroatoms. The molecule has 2 unspecified atom stereocenters. The third kappa shape index (κ3) is 4.96. The Morgan fingerprint density at radius 2 is 2.00 bits per heavy atom. The van der Waals surface area contributed by atoms with Crippen LogP contribution in [-0.2, 0) is 16.2 Å². The maximum atomic E-state index is 13.1. The van der Waals surface area contributed by atoms with E-state index in [9.17, 15) is 21.6 Å². The fourth-order valence-electron chi connectivity index (χ4n) is 2.41. The molecule has 0 spiro atoms. The monoisotopic (exact) mass is 392 g/mol. The van der Waals surface area contributed by atoms with Gasteiger partial charge in [0.25, 0.3) is 0 Å². The Bertz CT molecular complexity index is 653. The van der Waals surface area contributed by atoms with Gasteiger partial charge in [0.05, 0.1) is 10.5 Å². The summed E-state index contributed by atoms with van der Waals surface area (Å²) in [5, 5.41) is 2.94. The van der Waals surface area contributed by atoms with Crippen LogP contribution in [0.1, 0.15) is 18.9 Å². The standard InChI is InChI=1S/C13H16ClF3N2O2S.ClH/c1-8-7-18-5-4-11(8)19-22(20,21)12-3-2-9(14)6-10(12)13(15,16)17;/h2-3,6,8,11,18-19H,4-5,7H2,1H3;1H. The summed E-state index contributed by atoms with van der Waals surface area (Å²) in [6.07, 6.45) is -4.27. The van der Waals surface area contributed by atoms with Gasteiger partial charge in [-0.2, -0.15) is 13.2 Å². The van der Waals surface area contributed by atoms with Crippen LogP contribution in [0.15, 0.2) is 23.1 Å². The first-order valence-electron chi connectivity index (χ1n) is 6.71. The van der Waals surface area contributed by atoms with Crippen LogP contribution in [0.5, 0.6) is 0 Å². The van der Waals surface area contributed by atoms with Gasteiger partial charge in [-0.05, 0) is 43.6 Å². The molecule has 1 aliphatic rings. The Hall–Kier alpha value is -0.540. The van der Waals surface area contributed by atoms with Gasteiger partial charge in [0.2, 0.25) is 10.0 Å². The van der Waals surface area contributed by atoms with Crippen molar-refractivity contribution in [3.8, 4) is 0 Å². The van der Waals surface area contributed by atoms with Gasteiger partial charge in [-0.15, -0.1) is 12.4 Å². The lowest BCUT2D eigenvalue weighted by molar-refractivity contribution is -0.139. The van der Waals surface area contributed by atoms with Crippen LogP contribution < -0.4 is 10.0 Å². The van der Waals surface area contributed by atoms with E-state index in [1.165, 1.54) is 0 Å². The summed E-state index contributed by atoms with van der Waals surface area (Å²) in [6.45, 7) is 3.07. The van der Waals surface area contributed by atoms with E-state index in [1.54, 1.807) is 0 Å². The van der Waals surface area contributed by atoms with Gasteiger partial charge in [0, 0.05) is 11.1 Å². The maximum absolute atomic E-state index is 13.1. The van der Waals surface area contributed by atoms with Crippen molar-refractivity contribution < 1.29 is 21.6 Å². The number of rotatable bonds is 3. The largest absolute Gasteiger partial charge is 0.417 e. The van der Waals surface area contributed by atoms with Crippen molar-refractivity contribution in [2.45, 2.75) is 30.5 Å². The summed E-state index contributed by atoms with van der Waals surface area (Å²) in [4.78, 5) is -0.796. The van der Waals surface area contributed by atoms with E-state index in [2.05, 4.69) is 10.0 Å². The maximum Gasteiger partial charge on any atom is 0.417 e. The molecular formula is C13H17Cl2F3N2O2S. The highest BCUT2D eigenvalue weighted by Crippen LogP contribution is 2.36. The molecule has 1 aromatic carbocycles. The first-order chi connectivity index (χ1) is 10.1. The van der Waals surface area contributed by atoms with Gasteiger partial charge in [0.15, 0.2) is 0 Å². The number of piperidine rings is 1. The summed E-state index contributed by atoms with van der Waals surface area (Å²) in [5.41, 5.74) is -1.26. The average molecular weight is 393 g/mol. The average Bonchev–Trinajstić information content (AvgIpc) is 2.40. The topological polar surface area (TPSA) is 58.2 Å². The van der Waals surface area contributed by atoms with Crippen LogP contribution in [-0.4, -0.2) is 27.5 Å². The van der Waals surface area contributed by atoms with Crippen LogP contribution in [0.3, 0.4) is 0 Å². The summed E-state index contributed by atoms with van der Waals surface area (Å²) >= 11 is 5.56. The van der Waals surface area contributed by atoms with Crippen LogP contribution >= 0.6 is 24.0 Å². The second-order valence-corrected chi connectivity index (χ2v) is 7.45. The zero-order valence-electron chi connectivity index (χ0n) is 12.2. The van der Waals surface area contributed by atoms with Crippen LogP contribution in [0, 0.1) is 5.92 Å². The first kappa shape index (κ1) is 20.5. The summed E-state index contributed by atoms with van der Waals surface area (Å²) in [7, 11) is -4.28. The third-order valence-corrected chi connectivity index (χ3v) is 5.41. The molecular weight excluding hydrogens is 376 g/mol. The predicted octanol–water partition coefficient (Wildman–Crippen LogP) is 3.06. The molecule has 2 rings (SSSR count). The van der Waals surface area contributed by atoms with Gasteiger partial charge < -0.3 is 5.32 Å². The minimum Gasteiger partial charge on any atom is -0.316 e. The fraction of sp³-hybridized carbons (Fsp3) is 0.538. The Kier molecular flexibility index (Phi) is 6.74. The molecule has 0 aromatic heterocycles. The lowest BCUT2D eigenvalue weighted by atomic mass is 9.97. The number of alkyl halides is 3. The number of halogens is 5. The minimum absolute atomic E-state index is 0. The summed E-state index contributed by atoms with van der Waals surface area (Å²) in [6, 6.07) is 2.25. The second kappa shape index (κ2) is 7.57. The highest BCUT2D eigenvalue weighted by molar-refractivity contribution is 7.89. The molecule has 0 bridgehead atoms. The van der Waals surface area contributed by atoms with Crippen molar-refractivity contribution >= 4 is 34.0 Å². The lowest BCUT2D eigenvalue weighted by Crippen LogP contribution is -2.48. The third-order valence-electron chi connectivity index (χ3n) is 3.63. The number of hydrogen-bond donors (Lipinski definition) is 2. The van der Waals surface area contributed by atoms with E-state index in [-0.39, 0.29) is 23.3 Å². The predicted molar refractivity (Wildman–Crippen MR) is 84.5 cm³/mol. The van der Waals surface area contributed by atoms with Crippen LogP contribution in [0.25, 0.3) is 0 Å². The molecule has 2 N–H and O–H groups in total. The normalized spacial score (nSPS) is 22.5. The number of nitrogens with one attached hydrogen (secondary N) is 2. The molecule has 1 aliphatic heterocycles. The first-order valence-corrected chi connectivity index (χ1v) is 8.57. The van der Waals surface area contributed by atoms with Crippen molar-refractivity contribution in [1.82, 2.24) is 10.0 Å². The molecule has 1 saturated heterocycles. The SMILES string of the molecule is CC1CNCCC1NS(=O)(=O)c1ccc(Cl)cc1C(F)(F)F.Cl. The van der Waals surface area contributed by atoms with E-state index in [0.717, 1.165) is 12.1 Å². The fourth-order valence-corrected chi connectivity index (χ4v) is 4.17. The lowest BCUT2D eigenvalue weighted by Gasteiger charge is -2.30. The molecule has 1 fully saturated rings. The number of benzene rings is 1. The molecule has 0 aliphatic carbocycles. The van der Waals surface area contributed by atoms with E-state index in [0.29, 0.717) is 25.6 Å². The smallest absolute Gasteiger partial charge is 0.316 e. The van der Waals surface area contributed by atoms with E-state index < -0.39 is 32.7 Å². The van der Waals surface area contributed by atoms with Gasteiger partial charge >= 0.3 is 6.18 Å². The molecule has 0 amide bonds. The number of hydrogen-bond acceptors (Lipinski definition) is 3. The van der Waals surface area contributed by atoms with Gasteiger partial charge in [-0.1, -0.05) is 18.5 Å². The zero-order chi connectivity index (χ0) is 16.5. The molecule has 4 nitrogen and oxygen atoms in total. The molecule has 1 heterocycles. The Morgan fingerprint density at radius 3 is 2.57 bits per heavy atom.